The van der Waals surface area contributed by atoms with Gasteiger partial charge in [0.15, 0.2) is 11.6 Å². The molecule has 2 aromatic rings. The fraction of sp³-hybridized carbons (Fsp3) is 0.200. The molecule has 0 aliphatic carbocycles. The number of rotatable bonds is 5. The van der Waals surface area contributed by atoms with Gasteiger partial charge in [-0.2, -0.15) is 0 Å². The van der Waals surface area contributed by atoms with Crippen molar-refractivity contribution in [3.63, 3.8) is 0 Å². The van der Waals surface area contributed by atoms with E-state index in [1.165, 1.54) is 5.56 Å². The SMILES string of the molecule is COc1ccc(CCC2=N/C(=C/c3ccc(C)cc3)C(=O)O2)cc1. The molecule has 0 saturated carbocycles. The van der Waals surface area contributed by atoms with Gasteiger partial charge in [-0.3, -0.25) is 0 Å². The molecule has 0 fully saturated rings. The van der Waals surface area contributed by atoms with Crippen LogP contribution in [0.2, 0.25) is 0 Å². The lowest BCUT2D eigenvalue weighted by atomic mass is 10.1. The monoisotopic (exact) mass is 321 g/mol. The van der Waals surface area contributed by atoms with E-state index in [1.54, 1.807) is 13.2 Å². The number of hydrogen-bond donors (Lipinski definition) is 0. The lowest BCUT2D eigenvalue weighted by molar-refractivity contribution is -0.130. The number of aliphatic imine (C=N–C) groups is 1. The van der Waals surface area contributed by atoms with Crippen molar-refractivity contribution in [2.75, 3.05) is 7.11 Å². The third-order valence-corrected chi connectivity index (χ3v) is 3.83. The first-order valence-corrected chi connectivity index (χ1v) is 7.85. The van der Waals surface area contributed by atoms with E-state index < -0.39 is 0 Å². The van der Waals surface area contributed by atoms with Gasteiger partial charge in [-0.15, -0.1) is 0 Å². The van der Waals surface area contributed by atoms with Crippen LogP contribution >= 0.6 is 0 Å². The molecule has 4 nitrogen and oxygen atoms in total. The van der Waals surface area contributed by atoms with Crippen LogP contribution in [0.5, 0.6) is 5.75 Å². The smallest absolute Gasteiger partial charge is 0.363 e. The van der Waals surface area contributed by atoms with Crippen LogP contribution in [0.3, 0.4) is 0 Å². The number of cyclic esters (lactones) is 1. The van der Waals surface area contributed by atoms with E-state index in [0.29, 0.717) is 18.0 Å². The van der Waals surface area contributed by atoms with Crippen molar-refractivity contribution >= 4 is 17.9 Å². The molecule has 4 heteroatoms. The number of esters is 1. The number of aryl methyl sites for hydroxylation is 2. The first-order valence-electron chi connectivity index (χ1n) is 7.85. The quantitative estimate of drug-likeness (QED) is 0.619. The minimum Gasteiger partial charge on any atom is -0.497 e. The fourth-order valence-corrected chi connectivity index (χ4v) is 2.42. The molecular weight excluding hydrogens is 302 g/mol. The summed E-state index contributed by atoms with van der Waals surface area (Å²) in [5.74, 6) is 0.904. The van der Waals surface area contributed by atoms with Gasteiger partial charge in [-0.1, -0.05) is 42.0 Å². The minimum absolute atomic E-state index is 0.351. The molecule has 1 aliphatic rings. The molecule has 0 N–H and O–H groups in total. The average Bonchev–Trinajstić information content (AvgIpc) is 2.95. The number of methoxy groups -OCH3 is 1. The summed E-state index contributed by atoms with van der Waals surface area (Å²) < 4.78 is 10.4. The molecule has 0 saturated heterocycles. The van der Waals surface area contributed by atoms with Crippen LogP contribution in [0.1, 0.15) is 23.1 Å². The van der Waals surface area contributed by atoms with Gasteiger partial charge in [0.05, 0.1) is 7.11 Å². The van der Waals surface area contributed by atoms with Crippen molar-refractivity contribution in [3.05, 3.63) is 70.9 Å². The molecule has 2 aromatic carbocycles. The Balaban J connectivity index is 1.66. The van der Waals surface area contributed by atoms with Gasteiger partial charge in [-0.05, 0) is 42.7 Å². The zero-order chi connectivity index (χ0) is 16.9. The molecule has 0 bridgehead atoms. The second-order valence-electron chi connectivity index (χ2n) is 5.68. The van der Waals surface area contributed by atoms with E-state index in [9.17, 15) is 4.79 Å². The highest BCUT2D eigenvalue weighted by atomic mass is 16.6. The Bertz CT molecular complexity index is 787. The average molecular weight is 321 g/mol. The molecule has 1 heterocycles. The first kappa shape index (κ1) is 16.0. The number of carbonyl (C=O) groups excluding carboxylic acids is 1. The lowest BCUT2D eigenvalue weighted by Gasteiger charge is -2.03. The molecular formula is C20H19NO3. The summed E-state index contributed by atoms with van der Waals surface area (Å²) in [4.78, 5) is 16.2. The van der Waals surface area contributed by atoms with Gasteiger partial charge in [0.1, 0.15) is 5.75 Å². The Morgan fingerprint density at radius 2 is 1.75 bits per heavy atom. The molecule has 0 unspecified atom stereocenters. The van der Waals surface area contributed by atoms with Gasteiger partial charge in [-0.25, -0.2) is 9.79 Å². The second-order valence-corrected chi connectivity index (χ2v) is 5.68. The molecule has 0 aromatic heterocycles. The molecule has 24 heavy (non-hydrogen) atoms. The number of carbonyl (C=O) groups is 1. The third kappa shape index (κ3) is 3.90. The Morgan fingerprint density at radius 1 is 1.04 bits per heavy atom. The van der Waals surface area contributed by atoms with E-state index in [2.05, 4.69) is 4.99 Å². The van der Waals surface area contributed by atoms with Crippen molar-refractivity contribution in [1.29, 1.82) is 0 Å². The summed E-state index contributed by atoms with van der Waals surface area (Å²) in [6.45, 7) is 2.02. The maximum absolute atomic E-state index is 11.9. The topological polar surface area (TPSA) is 47.9 Å². The summed E-state index contributed by atoms with van der Waals surface area (Å²) >= 11 is 0. The maximum atomic E-state index is 11.9. The van der Waals surface area contributed by atoms with Gasteiger partial charge < -0.3 is 9.47 Å². The Hall–Kier alpha value is -2.88. The van der Waals surface area contributed by atoms with E-state index in [0.717, 1.165) is 23.3 Å². The summed E-state index contributed by atoms with van der Waals surface area (Å²) in [7, 11) is 1.64. The van der Waals surface area contributed by atoms with E-state index in [4.69, 9.17) is 9.47 Å². The molecule has 122 valence electrons. The van der Waals surface area contributed by atoms with Crippen molar-refractivity contribution in [3.8, 4) is 5.75 Å². The number of ether oxygens (including phenoxy) is 2. The van der Waals surface area contributed by atoms with Crippen LogP contribution in [0.25, 0.3) is 6.08 Å². The Kier molecular flexibility index (Phi) is 4.75. The number of hydrogen-bond acceptors (Lipinski definition) is 4. The van der Waals surface area contributed by atoms with Gasteiger partial charge in [0, 0.05) is 6.42 Å². The predicted octanol–water partition coefficient (Wildman–Crippen LogP) is 3.93. The third-order valence-electron chi connectivity index (χ3n) is 3.83. The molecule has 3 rings (SSSR count). The van der Waals surface area contributed by atoms with Crippen LogP contribution in [0, 0.1) is 6.92 Å². The van der Waals surface area contributed by atoms with E-state index >= 15 is 0 Å². The normalized spacial score (nSPS) is 15.3. The molecule has 0 atom stereocenters. The first-order chi connectivity index (χ1) is 11.6. The summed E-state index contributed by atoms with van der Waals surface area (Å²) in [5, 5.41) is 0. The van der Waals surface area contributed by atoms with Gasteiger partial charge in [0.25, 0.3) is 0 Å². The Labute approximate surface area is 141 Å². The van der Waals surface area contributed by atoms with Crippen LogP contribution in [-0.2, 0) is 16.0 Å². The van der Waals surface area contributed by atoms with Crippen molar-refractivity contribution in [2.45, 2.75) is 19.8 Å². The maximum Gasteiger partial charge on any atom is 0.363 e. The largest absolute Gasteiger partial charge is 0.497 e. The van der Waals surface area contributed by atoms with Crippen LogP contribution in [-0.4, -0.2) is 19.0 Å². The van der Waals surface area contributed by atoms with Crippen LogP contribution < -0.4 is 4.74 Å². The summed E-state index contributed by atoms with van der Waals surface area (Å²) in [6.07, 6.45) is 3.10. The Morgan fingerprint density at radius 3 is 2.42 bits per heavy atom. The highest BCUT2D eigenvalue weighted by molar-refractivity contribution is 6.07. The van der Waals surface area contributed by atoms with E-state index in [1.807, 2.05) is 55.5 Å². The lowest BCUT2D eigenvalue weighted by Crippen LogP contribution is -2.05. The fourth-order valence-electron chi connectivity index (χ4n) is 2.42. The standard InChI is InChI=1S/C20H19NO3/c1-14-3-5-16(6-4-14)13-18-20(22)24-19(21-18)12-9-15-7-10-17(23-2)11-8-15/h3-8,10-11,13H,9,12H2,1-2H3/b18-13+. The van der Waals surface area contributed by atoms with Crippen molar-refractivity contribution in [1.82, 2.24) is 0 Å². The molecule has 0 amide bonds. The molecule has 1 aliphatic heterocycles. The summed E-state index contributed by atoms with van der Waals surface area (Å²) in [6, 6.07) is 15.8. The van der Waals surface area contributed by atoms with Crippen LogP contribution in [0.4, 0.5) is 0 Å². The second kappa shape index (κ2) is 7.13. The zero-order valence-corrected chi connectivity index (χ0v) is 13.8. The zero-order valence-electron chi connectivity index (χ0n) is 13.8. The number of nitrogens with zero attached hydrogens (tertiary/aromatic N) is 1. The van der Waals surface area contributed by atoms with Crippen molar-refractivity contribution in [2.24, 2.45) is 4.99 Å². The van der Waals surface area contributed by atoms with Crippen LogP contribution in [0.15, 0.2) is 59.2 Å². The highest BCUT2D eigenvalue weighted by Gasteiger charge is 2.22. The van der Waals surface area contributed by atoms with Crippen molar-refractivity contribution < 1.29 is 14.3 Å². The minimum atomic E-state index is -0.389. The highest BCUT2D eigenvalue weighted by Crippen LogP contribution is 2.19. The number of benzene rings is 2. The van der Waals surface area contributed by atoms with E-state index in [-0.39, 0.29) is 5.97 Å². The molecule has 0 spiro atoms. The molecule has 0 radical (unpaired) electrons. The van der Waals surface area contributed by atoms with Gasteiger partial charge in [0.2, 0.25) is 0 Å². The van der Waals surface area contributed by atoms with Gasteiger partial charge >= 0.3 is 5.97 Å². The summed E-state index contributed by atoms with van der Waals surface area (Å²) in [5.41, 5.74) is 3.61. The predicted molar refractivity (Wildman–Crippen MR) is 94.0 cm³/mol.